The van der Waals surface area contributed by atoms with Crippen LogP contribution in [-0.4, -0.2) is 108 Å². The third-order valence-corrected chi connectivity index (χ3v) is 13.4. The largest absolute Gasteiger partial charge is 0.445 e. The lowest BCUT2D eigenvalue weighted by Crippen LogP contribution is -2.59. The molecule has 4 amide bonds. The summed E-state index contributed by atoms with van der Waals surface area (Å²) in [6, 6.07) is 10.4. The van der Waals surface area contributed by atoms with Crippen molar-refractivity contribution in [2.45, 2.75) is 74.9 Å². The van der Waals surface area contributed by atoms with Gasteiger partial charge in [0.05, 0.1) is 28.7 Å². The molecule has 2 aliphatic carbocycles. The molecular formula is C41H49N7O8S. The van der Waals surface area contributed by atoms with Crippen molar-refractivity contribution < 1.29 is 32.3 Å². The predicted molar refractivity (Wildman–Crippen MR) is 215 cm³/mol. The number of likely N-dealkylation sites (N-methyl/N-ethyl adjacent to an activating group) is 1. The maximum absolute atomic E-state index is 14.9. The van der Waals surface area contributed by atoms with Crippen molar-refractivity contribution in [3.63, 3.8) is 0 Å². The molecule has 57 heavy (non-hydrogen) atoms. The van der Waals surface area contributed by atoms with Crippen molar-refractivity contribution in [3.05, 3.63) is 83.8 Å². The van der Waals surface area contributed by atoms with E-state index in [1.165, 1.54) is 27.6 Å². The lowest BCUT2D eigenvalue weighted by Gasteiger charge is -2.35. The summed E-state index contributed by atoms with van der Waals surface area (Å²) in [6.45, 7) is 7.69. The number of nitrogens with one attached hydrogen (secondary N) is 2. The molecule has 5 atom stereocenters. The third-order valence-electron chi connectivity index (χ3n) is 11.6. The molecular weight excluding hydrogens is 751 g/mol. The summed E-state index contributed by atoms with van der Waals surface area (Å²) in [5.74, 6) is -3.13. The van der Waals surface area contributed by atoms with Gasteiger partial charge in [0.1, 0.15) is 24.2 Å². The molecule has 1 aromatic heterocycles. The Morgan fingerprint density at radius 1 is 1.05 bits per heavy atom. The molecule has 8 rings (SSSR count). The summed E-state index contributed by atoms with van der Waals surface area (Å²) < 4.78 is 34.6. The highest BCUT2D eigenvalue weighted by Crippen LogP contribution is 2.46. The zero-order valence-electron chi connectivity index (χ0n) is 32.6. The van der Waals surface area contributed by atoms with Crippen molar-refractivity contribution >= 4 is 50.3 Å². The number of amides is 4. The van der Waals surface area contributed by atoms with Gasteiger partial charge in [-0.1, -0.05) is 74.5 Å². The van der Waals surface area contributed by atoms with Crippen LogP contribution in [0.5, 0.6) is 0 Å². The van der Waals surface area contributed by atoms with Crippen LogP contribution < -0.4 is 20.5 Å². The Morgan fingerprint density at radius 2 is 1.79 bits per heavy atom. The van der Waals surface area contributed by atoms with Crippen molar-refractivity contribution in [2.75, 3.05) is 38.7 Å². The van der Waals surface area contributed by atoms with Crippen LogP contribution in [0, 0.1) is 11.8 Å². The Kier molecular flexibility index (Phi) is 10.8. The average Bonchev–Trinajstić information content (AvgIpc) is 4.11. The highest BCUT2D eigenvalue weighted by Gasteiger charge is 2.62. The standard InChI is InChI=1S/C41H49N7O8S/c1-6-27-22-41(27,39(52)44-57(54,55)29-17-18-29)43-36(49)32-21-28-24-47(32)38(51)35(25(2)3)46(5)40(53)56-20-11-7-10-19-45(4)33-23-42-48(28)37(50)34(33)31-16-12-14-26-13-8-9-15-30(26)31/h6-9,11-16,23,25,27-29,32,35H,1,10,17-22,24H2,2-5H3,(H,43,49)(H,44,52)/b11-7+/t27?,28-,32+,35+,41?/m1/s1. The van der Waals surface area contributed by atoms with Crippen LogP contribution >= 0.6 is 0 Å². The molecule has 4 bridgehead atoms. The maximum Gasteiger partial charge on any atom is 0.410 e. The lowest BCUT2D eigenvalue weighted by atomic mass is 9.98. The average molecular weight is 800 g/mol. The van der Waals surface area contributed by atoms with Crippen molar-refractivity contribution in [2.24, 2.45) is 11.8 Å². The third kappa shape index (κ3) is 7.54. The molecule has 3 aromatic rings. The highest BCUT2D eigenvalue weighted by atomic mass is 32.2. The Hall–Kier alpha value is -5.51. The van der Waals surface area contributed by atoms with Gasteiger partial charge in [-0.05, 0) is 47.9 Å². The molecule has 302 valence electrons. The Balaban J connectivity index is 1.32. The zero-order valence-corrected chi connectivity index (χ0v) is 33.4. The Labute approximate surface area is 331 Å². The van der Waals surface area contributed by atoms with Gasteiger partial charge in [-0.2, -0.15) is 5.10 Å². The fraction of sp³-hybridized carbons (Fsp3) is 0.463. The van der Waals surface area contributed by atoms with Gasteiger partial charge in [-0.25, -0.2) is 17.9 Å². The number of nitrogens with zero attached hydrogens (tertiary/aromatic N) is 5. The Morgan fingerprint density at radius 3 is 2.49 bits per heavy atom. The summed E-state index contributed by atoms with van der Waals surface area (Å²) >= 11 is 0. The number of rotatable bonds is 8. The number of hydrogen-bond acceptors (Lipinski definition) is 10. The number of sulfonamides is 1. The molecule has 2 N–H and O–H groups in total. The van der Waals surface area contributed by atoms with Crippen molar-refractivity contribution in [1.29, 1.82) is 0 Å². The predicted octanol–water partition coefficient (Wildman–Crippen LogP) is 3.36. The zero-order chi connectivity index (χ0) is 40.8. The molecule has 15 nitrogen and oxygen atoms in total. The molecule has 0 spiro atoms. The van der Waals surface area contributed by atoms with Gasteiger partial charge in [-0.3, -0.25) is 28.8 Å². The fourth-order valence-corrected chi connectivity index (χ4v) is 9.55. The number of carbonyl (C=O) groups is 4. The number of carbonyl (C=O) groups excluding carboxylic acids is 4. The van der Waals surface area contributed by atoms with E-state index in [1.54, 1.807) is 26.1 Å². The minimum atomic E-state index is -3.94. The number of ether oxygens (including phenoxy) is 1. The van der Waals surface area contributed by atoms with E-state index in [4.69, 9.17) is 4.74 Å². The van der Waals surface area contributed by atoms with Gasteiger partial charge >= 0.3 is 6.09 Å². The van der Waals surface area contributed by atoms with E-state index in [9.17, 15) is 32.4 Å². The highest BCUT2D eigenvalue weighted by molar-refractivity contribution is 7.91. The van der Waals surface area contributed by atoms with E-state index in [0.29, 0.717) is 42.6 Å². The number of aromatic nitrogens is 2. The first-order valence-corrected chi connectivity index (χ1v) is 20.9. The first-order chi connectivity index (χ1) is 27.2. The van der Waals surface area contributed by atoms with E-state index < -0.39 is 80.1 Å². The topological polar surface area (TPSA) is 180 Å². The molecule has 2 aromatic carbocycles. The second-order valence-electron chi connectivity index (χ2n) is 15.8. The van der Waals surface area contributed by atoms with Crippen molar-refractivity contribution in [3.8, 4) is 11.1 Å². The molecule has 3 aliphatic heterocycles. The summed E-state index contributed by atoms with van der Waals surface area (Å²) in [7, 11) is -0.604. The van der Waals surface area contributed by atoms with Crippen LogP contribution in [0.1, 0.15) is 52.0 Å². The summed E-state index contributed by atoms with van der Waals surface area (Å²) in [4.78, 5) is 75.6. The van der Waals surface area contributed by atoms with Crippen LogP contribution in [-0.2, 0) is 29.1 Å². The Bertz CT molecular complexity index is 2320. The quantitative estimate of drug-likeness (QED) is 0.321. The summed E-state index contributed by atoms with van der Waals surface area (Å²) in [6.07, 6.45) is 7.50. The summed E-state index contributed by atoms with van der Waals surface area (Å²) in [5, 5.41) is 8.61. The molecule has 5 aliphatic rings. The van der Waals surface area contributed by atoms with E-state index in [1.807, 2.05) is 60.5 Å². The lowest BCUT2D eigenvalue weighted by molar-refractivity contribution is -0.144. The van der Waals surface area contributed by atoms with Crippen LogP contribution in [0.25, 0.3) is 21.9 Å². The number of benzene rings is 2. The smallest absolute Gasteiger partial charge is 0.410 e. The van der Waals surface area contributed by atoms with Crippen LogP contribution in [0.15, 0.2) is 78.3 Å². The molecule has 16 heteroatoms. The van der Waals surface area contributed by atoms with Gasteiger partial charge in [0.15, 0.2) is 0 Å². The van der Waals surface area contributed by atoms with E-state index in [2.05, 4.69) is 21.7 Å². The number of fused-ring (bicyclic) bond motifs is 12. The minimum Gasteiger partial charge on any atom is -0.445 e. The minimum absolute atomic E-state index is 0.0351. The number of hydrogen-bond donors (Lipinski definition) is 2. The van der Waals surface area contributed by atoms with Gasteiger partial charge in [0.2, 0.25) is 21.8 Å². The number of anilines is 1. The molecule has 2 unspecified atom stereocenters. The van der Waals surface area contributed by atoms with Crippen LogP contribution in [0.3, 0.4) is 0 Å². The van der Waals surface area contributed by atoms with E-state index in [-0.39, 0.29) is 26.0 Å². The first-order valence-electron chi connectivity index (χ1n) is 19.3. The molecule has 1 saturated heterocycles. The van der Waals surface area contributed by atoms with E-state index >= 15 is 0 Å². The first kappa shape index (κ1) is 39.7. The maximum atomic E-state index is 14.9. The van der Waals surface area contributed by atoms with E-state index in [0.717, 1.165) is 10.8 Å². The van der Waals surface area contributed by atoms with Gasteiger partial charge in [0.25, 0.3) is 11.5 Å². The fourth-order valence-electron chi connectivity index (χ4n) is 8.18. The molecule has 3 fully saturated rings. The molecule has 0 radical (unpaired) electrons. The summed E-state index contributed by atoms with van der Waals surface area (Å²) in [5.41, 5.74) is -0.314. The van der Waals surface area contributed by atoms with Crippen LogP contribution in [0.2, 0.25) is 0 Å². The SMILES string of the molecule is C=CC1CC1(NC(=O)[C@@H]1C[C@@H]2CN1C(=O)[C@H](C(C)C)N(C)C(=O)OC/C=C/CCN(C)c1cnn2c(=O)c1-c1cccc2ccccc12)C(=O)NS(=O)(=O)C1CC1. The monoisotopic (exact) mass is 799 g/mol. The molecule has 2 saturated carbocycles. The van der Waals surface area contributed by atoms with Gasteiger partial charge < -0.3 is 19.9 Å². The van der Waals surface area contributed by atoms with Gasteiger partial charge in [-0.15, -0.1) is 6.58 Å². The molecule has 4 heterocycles. The van der Waals surface area contributed by atoms with Crippen LogP contribution in [0.4, 0.5) is 10.5 Å². The normalized spacial score (nSPS) is 26.2. The second kappa shape index (κ2) is 15.4. The van der Waals surface area contributed by atoms with Crippen molar-refractivity contribution in [1.82, 2.24) is 29.6 Å². The second-order valence-corrected chi connectivity index (χ2v) is 17.8. The van der Waals surface area contributed by atoms with Gasteiger partial charge in [0, 0.05) is 39.5 Å².